The topological polar surface area (TPSA) is 28.2 Å². The predicted molar refractivity (Wildman–Crippen MR) is 91.2 cm³/mol. The molecule has 1 aromatic carbocycles. The van der Waals surface area contributed by atoms with Crippen molar-refractivity contribution in [3.8, 4) is 10.6 Å². The van der Waals surface area contributed by atoms with Gasteiger partial charge in [0.1, 0.15) is 5.01 Å². The second-order valence-electron chi connectivity index (χ2n) is 5.72. The molecule has 2 heterocycles. The maximum absolute atomic E-state index is 4.62. The maximum atomic E-state index is 4.62. The third kappa shape index (κ3) is 2.97. The SMILES string of the molecule is CCNC(C)c1cnc(-c2ccc3c(c2)CCCN3C)s1. The predicted octanol–water partition coefficient (Wildman–Crippen LogP) is 3.86. The van der Waals surface area contributed by atoms with Crippen LogP contribution in [0.4, 0.5) is 5.69 Å². The molecular weight excluding hydrogens is 278 g/mol. The van der Waals surface area contributed by atoms with Gasteiger partial charge in [-0.2, -0.15) is 0 Å². The Labute approximate surface area is 131 Å². The van der Waals surface area contributed by atoms with E-state index in [1.807, 2.05) is 6.20 Å². The molecule has 0 saturated heterocycles. The van der Waals surface area contributed by atoms with Crippen LogP contribution in [0.3, 0.4) is 0 Å². The Hall–Kier alpha value is -1.39. The number of aryl methyl sites for hydroxylation is 1. The van der Waals surface area contributed by atoms with E-state index in [0.717, 1.165) is 18.1 Å². The van der Waals surface area contributed by atoms with Crippen molar-refractivity contribution >= 4 is 17.0 Å². The Morgan fingerprint density at radius 2 is 2.29 bits per heavy atom. The minimum atomic E-state index is 0.380. The van der Waals surface area contributed by atoms with Crippen LogP contribution < -0.4 is 10.2 Å². The summed E-state index contributed by atoms with van der Waals surface area (Å²) in [5.41, 5.74) is 4.09. The average molecular weight is 301 g/mol. The van der Waals surface area contributed by atoms with Crippen LogP contribution >= 0.6 is 11.3 Å². The monoisotopic (exact) mass is 301 g/mol. The summed E-state index contributed by atoms with van der Waals surface area (Å²) in [6, 6.07) is 7.16. The molecule has 4 heteroatoms. The number of nitrogens with zero attached hydrogens (tertiary/aromatic N) is 2. The smallest absolute Gasteiger partial charge is 0.123 e. The fourth-order valence-corrected chi connectivity index (χ4v) is 3.88. The van der Waals surface area contributed by atoms with Crippen molar-refractivity contribution in [2.24, 2.45) is 0 Å². The molecule has 0 spiro atoms. The number of thiazole rings is 1. The molecule has 1 atom stereocenters. The molecule has 1 aliphatic heterocycles. The number of hydrogen-bond donors (Lipinski definition) is 1. The molecule has 1 N–H and O–H groups in total. The van der Waals surface area contributed by atoms with Crippen LogP contribution in [0.15, 0.2) is 24.4 Å². The number of anilines is 1. The van der Waals surface area contributed by atoms with E-state index in [1.54, 1.807) is 11.3 Å². The van der Waals surface area contributed by atoms with Gasteiger partial charge < -0.3 is 10.2 Å². The normalized spacial score (nSPS) is 15.9. The third-order valence-electron chi connectivity index (χ3n) is 4.14. The minimum absolute atomic E-state index is 0.380. The largest absolute Gasteiger partial charge is 0.374 e. The molecule has 0 amide bonds. The van der Waals surface area contributed by atoms with Gasteiger partial charge in [0.2, 0.25) is 0 Å². The summed E-state index contributed by atoms with van der Waals surface area (Å²) in [7, 11) is 2.18. The van der Waals surface area contributed by atoms with Gasteiger partial charge in [-0.3, -0.25) is 0 Å². The zero-order chi connectivity index (χ0) is 14.8. The lowest BCUT2D eigenvalue weighted by Gasteiger charge is -2.27. The average Bonchev–Trinajstić information content (AvgIpc) is 2.97. The molecule has 0 fully saturated rings. The van der Waals surface area contributed by atoms with Crippen LogP contribution in [0.5, 0.6) is 0 Å². The van der Waals surface area contributed by atoms with E-state index in [4.69, 9.17) is 0 Å². The van der Waals surface area contributed by atoms with Gasteiger partial charge in [0.15, 0.2) is 0 Å². The number of fused-ring (bicyclic) bond motifs is 1. The summed E-state index contributed by atoms with van der Waals surface area (Å²) in [4.78, 5) is 8.28. The first-order valence-electron chi connectivity index (χ1n) is 7.72. The van der Waals surface area contributed by atoms with Crippen LogP contribution in [-0.2, 0) is 6.42 Å². The van der Waals surface area contributed by atoms with Gasteiger partial charge in [-0.1, -0.05) is 6.92 Å². The van der Waals surface area contributed by atoms with E-state index in [1.165, 1.54) is 34.5 Å². The highest BCUT2D eigenvalue weighted by Gasteiger charge is 2.16. The van der Waals surface area contributed by atoms with Crippen LogP contribution in [0, 0.1) is 0 Å². The molecule has 0 aliphatic carbocycles. The summed E-state index contributed by atoms with van der Waals surface area (Å²) in [5, 5.41) is 4.58. The second-order valence-corrected chi connectivity index (χ2v) is 6.78. The molecule has 1 aromatic heterocycles. The Bertz CT molecular complexity index is 620. The number of hydrogen-bond acceptors (Lipinski definition) is 4. The highest BCUT2D eigenvalue weighted by Crippen LogP contribution is 2.33. The number of aromatic nitrogens is 1. The van der Waals surface area contributed by atoms with E-state index < -0.39 is 0 Å². The number of benzene rings is 1. The Balaban J connectivity index is 1.87. The molecule has 112 valence electrons. The van der Waals surface area contributed by atoms with Crippen molar-refractivity contribution in [2.45, 2.75) is 32.7 Å². The van der Waals surface area contributed by atoms with E-state index in [2.05, 4.69) is 54.3 Å². The van der Waals surface area contributed by atoms with E-state index >= 15 is 0 Å². The van der Waals surface area contributed by atoms with Crippen LogP contribution in [0.2, 0.25) is 0 Å². The molecule has 0 bridgehead atoms. The molecule has 1 aliphatic rings. The first-order chi connectivity index (χ1) is 10.2. The molecule has 3 rings (SSSR count). The maximum Gasteiger partial charge on any atom is 0.123 e. The zero-order valence-corrected chi connectivity index (χ0v) is 13.8. The third-order valence-corrected chi connectivity index (χ3v) is 5.37. The van der Waals surface area contributed by atoms with Gasteiger partial charge in [-0.15, -0.1) is 11.3 Å². The Morgan fingerprint density at radius 3 is 3.10 bits per heavy atom. The van der Waals surface area contributed by atoms with Crippen LogP contribution in [-0.4, -0.2) is 25.1 Å². The van der Waals surface area contributed by atoms with Gasteiger partial charge in [-0.05, 0) is 50.1 Å². The van der Waals surface area contributed by atoms with Crippen LogP contribution in [0.25, 0.3) is 10.6 Å². The highest BCUT2D eigenvalue weighted by molar-refractivity contribution is 7.15. The lowest BCUT2D eigenvalue weighted by molar-refractivity contribution is 0.606. The summed E-state index contributed by atoms with van der Waals surface area (Å²) < 4.78 is 0. The van der Waals surface area contributed by atoms with Crippen LogP contribution in [0.1, 0.15) is 36.8 Å². The lowest BCUT2D eigenvalue weighted by atomic mass is 10.00. The van der Waals surface area contributed by atoms with Crippen molar-refractivity contribution in [1.29, 1.82) is 0 Å². The molecule has 3 nitrogen and oxygen atoms in total. The van der Waals surface area contributed by atoms with Gasteiger partial charge in [0.25, 0.3) is 0 Å². The van der Waals surface area contributed by atoms with Gasteiger partial charge >= 0.3 is 0 Å². The van der Waals surface area contributed by atoms with Gasteiger partial charge in [0, 0.05) is 42.0 Å². The quantitative estimate of drug-likeness (QED) is 0.929. The molecule has 0 radical (unpaired) electrons. The van der Waals surface area contributed by atoms with E-state index in [-0.39, 0.29) is 0 Å². The zero-order valence-electron chi connectivity index (χ0n) is 13.0. The highest BCUT2D eigenvalue weighted by atomic mass is 32.1. The summed E-state index contributed by atoms with van der Waals surface area (Å²) >= 11 is 1.80. The summed E-state index contributed by atoms with van der Waals surface area (Å²) in [6.07, 6.45) is 4.44. The molecule has 21 heavy (non-hydrogen) atoms. The van der Waals surface area contributed by atoms with E-state index in [0.29, 0.717) is 6.04 Å². The summed E-state index contributed by atoms with van der Waals surface area (Å²) in [6.45, 7) is 6.48. The molecule has 1 unspecified atom stereocenters. The van der Waals surface area contributed by atoms with Gasteiger partial charge in [-0.25, -0.2) is 4.98 Å². The van der Waals surface area contributed by atoms with Crippen molar-refractivity contribution < 1.29 is 0 Å². The second kappa shape index (κ2) is 6.16. The summed E-state index contributed by atoms with van der Waals surface area (Å²) in [5.74, 6) is 0. The molecule has 2 aromatic rings. The van der Waals surface area contributed by atoms with Crippen molar-refractivity contribution in [3.63, 3.8) is 0 Å². The number of rotatable bonds is 4. The minimum Gasteiger partial charge on any atom is -0.374 e. The van der Waals surface area contributed by atoms with Crippen molar-refractivity contribution in [1.82, 2.24) is 10.3 Å². The molecular formula is C17H23N3S. The Morgan fingerprint density at radius 1 is 1.43 bits per heavy atom. The first-order valence-corrected chi connectivity index (χ1v) is 8.54. The first kappa shape index (κ1) is 14.5. The van der Waals surface area contributed by atoms with Crippen molar-refractivity contribution in [3.05, 3.63) is 34.8 Å². The van der Waals surface area contributed by atoms with E-state index in [9.17, 15) is 0 Å². The standard InChI is InChI=1S/C17H23N3S/c1-4-18-12(2)16-11-19-17(21-16)14-7-8-15-13(10-14)6-5-9-20(15)3/h7-8,10-12,18H,4-6,9H2,1-3H3. The van der Waals surface area contributed by atoms with Crippen molar-refractivity contribution in [2.75, 3.05) is 25.0 Å². The Kier molecular flexibility index (Phi) is 4.27. The fraction of sp³-hybridized carbons (Fsp3) is 0.471. The fourth-order valence-electron chi connectivity index (χ4n) is 2.95. The van der Waals surface area contributed by atoms with Gasteiger partial charge in [0.05, 0.1) is 0 Å². The molecule has 0 saturated carbocycles. The number of nitrogens with one attached hydrogen (secondary N) is 1. The lowest BCUT2D eigenvalue weighted by Crippen LogP contribution is -2.24.